The molecule has 7 heteroatoms. The van der Waals surface area contributed by atoms with E-state index >= 15 is 0 Å². The maximum atomic E-state index is 13.8. The second-order valence-corrected chi connectivity index (χ2v) is 5.60. The number of rotatable bonds is 5. The number of thiocarbonyl (C=S) groups is 1. The maximum Gasteiger partial charge on any atom is 0.307 e. The summed E-state index contributed by atoms with van der Waals surface area (Å²) in [6.45, 7) is 5.50. The summed E-state index contributed by atoms with van der Waals surface area (Å²) in [5.41, 5.74) is 0.633. The minimum absolute atomic E-state index is 0.198. The van der Waals surface area contributed by atoms with Crippen molar-refractivity contribution in [1.29, 1.82) is 0 Å². The summed E-state index contributed by atoms with van der Waals surface area (Å²) in [5.74, 6) is -0.428. The molecule has 0 amide bonds. The van der Waals surface area contributed by atoms with E-state index in [0.29, 0.717) is 43.5 Å². The van der Waals surface area contributed by atoms with Gasteiger partial charge in [-0.1, -0.05) is 12.1 Å². The summed E-state index contributed by atoms with van der Waals surface area (Å²) in [6, 6.07) is 6.80. The average molecular weight is 339 g/mol. The lowest BCUT2D eigenvalue weighted by molar-refractivity contribution is -0.142. The van der Waals surface area contributed by atoms with Crippen LogP contribution in [0.5, 0.6) is 0 Å². The molecule has 0 bridgehead atoms. The molecule has 0 saturated carbocycles. The van der Waals surface area contributed by atoms with Gasteiger partial charge in [0, 0.05) is 32.7 Å². The molecule has 0 spiro atoms. The number of esters is 1. The van der Waals surface area contributed by atoms with Crippen molar-refractivity contribution >= 4 is 29.0 Å². The standard InChI is InChI=1S/C16H22FN3O2S/c1-2-22-15(21)7-8-18-16(23)20-11-9-19(10-12-20)14-6-4-3-5-13(14)17/h3-6H,2,7-12H2,1H3,(H,18,23). The first-order valence-corrected chi connectivity index (χ1v) is 8.20. The minimum Gasteiger partial charge on any atom is -0.466 e. The number of carbonyl (C=O) groups is 1. The van der Waals surface area contributed by atoms with Crippen molar-refractivity contribution in [2.45, 2.75) is 13.3 Å². The Kier molecular flexibility index (Phi) is 6.58. The van der Waals surface area contributed by atoms with Crippen LogP contribution in [0.2, 0.25) is 0 Å². The Morgan fingerprint density at radius 2 is 2.00 bits per heavy atom. The lowest BCUT2D eigenvalue weighted by atomic mass is 10.2. The molecule has 0 aliphatic carbocycles. The quantitative estimate of drug-likeness (QED) is 0.652. The molecule has 23 heavy (non-hydrogen) atoms. The minimum atomic E-state index is -0.229. The van der Waals surface area contributed by atoms with Crippen molar-refractivity contribution in [2.75, 3.05) is 44.2 Å². The molecule has 1 fully saturated rings. The highest BCUT2D eigenvalue weighted by molar-refractivity contribution is 7.80. The molecule has 1 aliphatic rings. The van der Waals surface area contributed by atoms with E-state index in [4.69, 9.17) is 17.0 Å². The first-order valence-electron chi connectivity index (χ1n) is 7.79. The number of nitrogens with zero attached hydrogens (tertiary/aromatic N) is 2. The number of para-hydroxylation sites is 1. The lowest BCUT2D eigenvalue weighted by Gasteiger charge is -2.37. The van der Waals surface area contributed by atoms with Gasteiger partial charge in [0.25, 0.3) is 0 Å². The van der Waals surface area contributed by atoms with E-state index in [0.717, 1.165) is 13.1 Å². The number of ether oxygens (including phenoxy) is 1. The van der Waals surface area contributed by atoms with Gasteiger partial charge in [-0.05, 0) is 31.3 Å². The summed E-state index contributed by atoms with van der Waals surface area (Å²) in [5, 5.41) is 3.70. The van der Waals surface area contributed by atoms with Gasteiger partial charge >= 0.3 is 5.97 Å². The number of piperazine rings is 1. The van der Waals surface area contributed by atoms with Crippen LogP contribution in [0.3, 0.4) is 0 Å². The van der Waals surface area contributed by atoms with E-state index in [2.05, 4.69) is 5.32 Å². The number of carbonyl (C=O) groups excluding carboxylic acids is 1. The fourth-order valence-electron chi connectivity index (χ4n) is 2.48. The molecule has 0 aromatic heterocycles. The highest BCUT2D eigenvalue weighted by Crippen LogP contribution is 2.20. The van der Waals surface area contributed by atoms with Gasteiger partial charge in [-0.15, -0.1) is 0 Å². The van der Waals surface area contributed by atoms with E-state index in [1.807, 2.05) is 15.9 Å². The van der Waals surface area contributed by atoms with Crippen molar-refractivity contribution in [3.63, 3.8) is 0 Å². The number of benzene rings is 1. The van der Waals surface area contributed by atoms with Crippen molar-refractivity contribution in [2.24, 2.45) is 0 Å². The predicted molar refractivity (Wildman–Crippen MR) is 92.0 cm³/mol. The SMILES string of the molecule is CCOC(=O)CCNC(=S)N1CCN(c2ccccc2F)CC1. The third-order valence-corrected chi connectivity index (χ3v) is 4.07. The highest BCUT2D eigenvalue weighted by Gasteiger charge is 2.20. The van der Waals surface area contributed by atoms with Crippen molar-refractivity contribution in [3.8, 4) is 0 Å². The smallest absolute Gasteiger partial charge is 0.307 e. The van der Waals surface area contributed by atoms with Gasteiger partial charge < -0.3 is 19.9 Å². The Morgan fingerprint density at radius 3 is 2.65 bits per heavy atom. The molecule has 2 rings (SSSR count). The van der Waals surface area contributed by atoms with Gasteiger partial charge in [0.2, 0.25) is 0 Å². The summed E-state index contributed by atoms with van der Waals surface area (Å²) < 4.78 is 18.7. The van der Waals surface area contributed by atoms with Crippen LogP contribution >= 0.6 is 12.2 Å². The molecule has 5 nitrogen and oxygen atoms in total. The predicted octanol–water partition coefficient (Wildman–Crippen LogP) is 1.78. The largest absolute Gasteiger partial charge is 0.466 e. The molecule has 1 N–H and O–H groups in total. The zero-order valence-corrected chi connectivity index (χ0v) is 14.1. The molecule has 0 atom stereocenters. The van der Waals surface area contributed by atoms with Crippen molar-refractivity contribution in [1.82, 2.24) is 10.2 Å². The zero-order valence-electron chi connectivity index (χ0n) is 13.3. The second kappa shape index (κ2) is 8.67. The van der Waals surface area contributed by atoms with E-state index in [-0.39, 0.29) is 11.8 Å². The average Bonchev–Trinajstić information content (AvgIpc) is 2.55. The highest BCUT2D eigenvalue weighted by atomic mass is 32.1. The van der Waals surface area contributed by atoms with Crippen molar-refractivity contribution in [3.05, 3.63) is 30.1 Å². The van der Waals surface area contributed by atoms with E-state index < -0.39 is 0 Å². The van der Waals surface area contributed by atoms with Gasteiger partial charge in [0.15, 0.2) is 5.11 Å². The third-order valence-electron chi connectivity index (χ3n) is 3.67. The summed E-state index contributed by atoms with van der Waals surface area (Å²) in [7, 11) is 0. The Hall–Kier alpha value is -1.89. The number of hydrogen-bond acceptors (Lipinski definition) is 4. The van der Waals surface area contributed by atoms with Gasteiger partial charge in [-0.25, -0.2) is 4.39 Å². The maximum absolute atomic E-state index is 13.8. The first-order chi connectivity index (χ1) is 11.1. The van der Waals surface area contributed by atoms with Crippen LogP contribution < -0.4 is 10.2 Å². The molecule has 1 aromatic rings. The molecule has 1 heterocycles. The molecule has 0 radical (unpaired) electrons. The van der Waals surface area contributed by atoms with Gasteiger partial charge in [0.05, 0.1) is 18.7 Å². The van der Waals surface area contributed by atoms with Crippen LogP contribution in [0.15, 0.2) is 24.3 Å². The molecule has 126 valence electrons. The van der Waals surface area contributed by atoms with Crippen LogP contribution in [-0.2, 0) is 9.53 Å². The Balaban J connectivity index is 1.75. The third kappa shape index (κ3) is 5.06. The van der Waals surface area contributed by atoms with Crippen LogP contribution in [0.4, 0.5) is 10.1 Å². The van der Waals surface area contributed by atoms with Crippen LogP contribution in [0.25, 0.3) is 0 Å². The summed E-state index contributed by atoms with van der Waals surface area (Å²) >= 11 is 5.34. The number of hydrogen-bond donors (Lipinski definition) is 1. The molecular weight excluding hydrogens is 317 g/mol. The molecular formula is C16H22FN3O2S. The second-order valence-electron chi connectivity index (χ2n) is 5.21. The summed E-state index contributed by atoms with van der Waals surface area (Å²) in [4.78, 5) is 15.3. The Morgan fingerprint density at radius 1 is 1.30 bits per heavy atom. The summed E-state index contributed by atoms with van der Waals surface area (Å²) in [6.07, 6.45) is 0.295. The number of halogens is 1. The van der Waals surface area contributed by atoms with E-state index in [1.54, 1.807) is 19.1 Å². The Bertz CT molecular complexity index is 548. The fourth-order valence-corrected chi connectivity index (χ4v) is 2.76. The van der Waals surface area contributed by atoms with Crippen LogP contribution in [-0.4, -0.2) is 55.3 Å². The molecule has 1 saturated heterocycles. The topological polar surface area (TPSA) is 44.8 Å². The zero-order chi connectivity index (χ0) is 16.7. The van der Waals surface area contributed by atoms with Gasteiger partial charge in [-0.2, -0.15) is 0 Å². The van der Waals surface area contributed by atoms with E-state index in [1.165, 1.54) is 6.07 Å². The monoisotopic (exact) mass is 339 g/mol. The van der Waals surface area contributed by atoms with Crippen molar-refractivity contribution < 1.29 is 13.9 Å². The van der Waals surface area contributed by atoms with Crippen LogP contribution in [0.1, 0.15) is 13.3 Å². The Labute approximate surface area is 141 Å². The molecule has 1 aliphatic heterocycles. The normalized spacial score (nSPS) is 14.5. The lowest BCUT2D eigenvalue weighted by Crippen LogP contribution is -2.52. The molecule has 0 unspecified atom stereocenters. The molecule has 1 aromatic carbocycles. The number of nitrogens with one attached hydrogen (secondary N) is 1. The van der Waals surface area contributed by atoms with E-state index in [9.17, 15) is 9.18 Å². The van der Waals surface area contributed by atoms with Crippen LogP contribution in [0, 0.1) is 5.82 Å². The fraction of sp³-hybridized carbons (Fsp3) is 0.500. The first kappa shape index (κ1) is 17.5. The van der Waals surface area contributed by atoms with Gasteiger partial charge in [-0.3, -0.25) is 4.79 Å². The number of anilines is 1. The van der Waals surface area contributed by atoms with Gasteiger partial charge in [0.1, 0.15) is 5.82 Å².